The highest BCUT2D eigenvalue weighted by atomic mass is 16.5. The molecule has 0 saturated carbocycles. The number of para-hydroxylation sites is 1. The number of ether oxygens (including phenoxy) is 3. The number of rotatable bonds is 9. The van der Waals surface area contributed by atoms with Crippen LogP contribution in [-0.4, -0.2) is 37.5 Å². The highest BCUT2D eigenvalue weighted by Gasteiger charge is 2.30. The van der Waals surface area contributed by atoms with Crippen LogP contribution < -0.4 is 10.2 Å². The van der Waals surface area contributed by atoms with E-state index in [4.69, 9.17) is 18.6 Å². The fourth-order valence-electron chi connectivity index (χ4n) is 5.12. The van der Waals surface area contributed by atoms with Crippen molar-refractivity contribution < 1.29 is 23.4 Å². The zero-order valence-corrected chi connectivity index (χ0v) is 22.3. The lowest BCUT2D eigenvalue weighted by Gasteiger charge is -2.34. The van der Waals surface area contributed by atoms with Crippen molar-refractivity contribution in [2.24, 2.45) is 5.92 Å². The van der Waals surface area contributed by atoms with Crippen molar-refractivity contribution in [2.45, 2.75) is 39.7 Å². The lowest BCUT2D eigenvalue weighted by molar-refractivity contribution is 0.0523. The second-order valence-electron chi connectivity index (χ2n) is 9.93. The molecule has 5 rings (SSSR count). The Morgan fingerprint density at radius 2 is 1.92 bits per heavy atom. The van der Waals surface area contributed by atoms with Gasteiger partial charge in [0.2, 0.25) is 0 Å². The molecule has 0 amide bonds. The number of aromatic nitrogens is 1. The molecule has 7 heteroatoms. The van der Waals surface area contributed by atoms with Crippen LogP contribution in [-0.2, 0) is 15.9 Å². The highest BCUT2D eigenvalue weighted by molar-refractivity contribution is 5.90. The normalized spacial score (nSPS) is 14.4. The van der Waals surface area contributed by atoms with Crippen molar-refractivity contribution in [3.63, 3.8) is 0 Å². The third kappa shape index (κ3) is 4.86. The average molecular weight is 516 g/mol. The maximum atomic E-state index is 13.1. The SMILES string of the molecule is CCOC(=O)c1cn2c(cc1=O)-c1cc(-c3cc4ccccc4o3)c(OCCCOC)cc1CC2C(C)C. The first kappa shape index (κ1) is 25.8. The van der Waals surface area contributed by atoms with Crippen LogP contribution >= 0.6 is 0 Å². The summed E-state index contributed by atoms with van der Waals surface area (Å²) in [5, 5.41) is 1.00. The molecule has 2 aromatic carbocycles. The number of benzene rings is 2. The Labute approximate surface area is 221 Å². The van der Waals surface area contributed by atoms with Crippen molar-refractivity contribution in [2.75, 3.05) is 26.9 Å². The molecule has 2 aromatic heterocycles. The van der Waals surface area contributed by atoms with Crippen LogP contribution in [0.3, 0.4) is 0 Å². The van der Waals surface area contributed by atoms with Gasteiger partial charge in [-0.3, -0.25) is 4.79 Å². The topological polar surface area (TPSA) is 79.9 Å². The van der Waals surface area contributed by atoms with Gasteiger partial charge in [0.15, 0.2) is 5.43 Å². The van der Waals surface area contributed by atoms with Crippen molar-refractivity contribution in [1.82, 2.24) is 4.57 Å². The maximum absolute atomic E-state index is 13.1. The molecule has 0 saturated heterocycles. The molecule has 4 aromatic rings. The summed E-state index contributed by atoms with van der Waals surface area (Å²) in [5.74, 6) is 1.10. The molecule has 0 spiro atoms. The van der Waals surface area contributed by atoms with E-state index in [1.54, 1.807) is 26.3 Å². The number of furan rings is 1. The van der Waals surface area contributed by atoms with Crippen molar-refractivity contribution in [1.29, 1.82) is 0 Å². The predicted molar refractivity (Wildman–Crippen MR) is 147 cm³/mol. The number of pyridine rings is 1. The Bertz CT molecular complexity index is 1500. The minimum atomic E-state index is -0.594. The van der Waals surface area contributed by atoms with Gasteiger partial charge in [-0.15, -0.1) is 0 Å². The Kier molecular flexibility index (Phi) is 7.38. The van der Waals surface area contributed by atoms with Gasteiger partial charge in [0, 0.05) is 49.4 Å². The quantitative estimate of drug-likeness (QED) is 0.193. The van der Waals surface area contributed by atoms with Crippen molar-refractivity contribution >= 4 is 16.9 Å². The second-order valence-corrected chi connectivity index (χ2v) is 9.93. The van der Waals surface area contributed by atoms with Crippen LogP contribution in [0.5, 0.6) is 5.75 Å². The molecule has 3 heterocycles. The zero-order valence-electron chi connectivity index (χ0n) is 22.3. The molecule has 0 N–H and O–H groups in total. The molecule has 1 aliphatic rings. The van der Waals surface area contributed by atoms with Gasteiger partial charge in [0.05, 0.1) is 24.5 Å². The molecule has 1 unspecified atom stereocenters. The Balaban J connectivity index is 1.68. The lowest BCUT2D eigenvalue weighted by atomic mass is 9.86. The van der Waals surface area contributed by atoms with Crippen molar-refractivity contribution in [3.8, 4) is 28.3 Å². The van der Waals surface area contributed by atoms with Gasteiger partial charge in [-0.2, -0.15) is 0 Å². The highest BCUT2D eigenvalue weighted by Crippen LogP contribution is 2.44. The van der Waals surface area contributed by atoms with E-state index in [0.29, 0.717) is 19.0 Å². The van der Waals surface area contributed by atoms with Crippen LogP contribution in [0.4, 0.5) is 0 Å². The lowest BCUT2D eigenvalue weighted by Crippen LogP contribution is -2.28. The monoisotopic (exact) mass is 515 g/mol. The van der Waals surface area contributed by atoms with E-state index in [0.717, 1.165) is 51.9 Å². The summed E-state index contributed by atoms with van der Waals surface area (Å²) in [7, 11) is 1.68. The molecule has 0 radical (unpaired) electrons. The number of hydrogen-bond acceptors (Lipinski definition) is 6. The summed E-state index contributed by atoms with van der Waals surface area (Å²) in [4.78, 5) is 25.6. The van der Waals surface area contributed by atoms with E-state index in [9.17, 15) is 9.59 Å². The van der Waals surface area contributed by atoms with Crippen LogP contribution in [0.15, 0.2) is 63.9 Å². The maximum Gasteiger partial charge on any atom is 0.343 e. The molecule has 198 valence electrons. The Hall–Kier alpha value is -3.84. The standard InChI is InChI=1S/C31H33NO6/c1-5-36-31(34)24-18-32-25(19(2)3)13-21-15-29(37-12-8-11-35-4)23(16-22(21)26(32)17-27(24)33)30-14-20-9-6-7-10-28(20)38-30/h6-7,9-10,14-19,25H,5,8,11-13H2,1-4H3. The number of methoxy groups -OCH3 is 1. The van der Waals surface area contributed by atoms with E-state index >= 15 is 0 Å². The van der Waals surface area contributed by atoms with Gasteiger partial charge in [-0.25, -0.2) is 4.79 Å². The first-order valence-electron chi connectivity index (χ1n) is 13.1. The minimum Gasteiger partial charge on any atom is -0.493 e. The van der Waals surface area contributed by atoms with Gasteiger partial charge < -0.3 is 23.2 Å². The summed E-state index contributed by atoms with van der Waals surface area (Å²) in [6, 6.07) is 15.6. The summed E-state index contributed by atoms with van der Waals surface area (Å²) >= 11 is 0. The fraction of sp³-hybridized carbons (Fsp3) is 0.355. The molecule has 38 heavy (non-hydrogen) atoms. The van der Waals surface area contributed by atoms with Gasteiger partial charge in [0.25, 0.3) is 0 Å². The van der Waals surface area contributed by atoms with E-state index in [1.165, 1.54) is 0 Å². The number of fused-ring (bicyclic) bond motifs is 4. The number of hydrogen-bond donors (Lipinski definition) is 0. The van der Waals surface area contributed by atoms with Crippen LogP contribution in [0.25, 0.3) is 33.6 Å². The third-order valence-corrected chi connectivity index (χ3v) is 7.05. The Morgan fingerprint density at radius 3 is 2.66 bits per heavy atom. The molecule has 7 nitrogen and oxygen atoms in total. The first-order valence-corrected chi connectivity index (χ1v) is 13.1. The van der Waals surface area contributed by atoms with E-state index in [-0.39, 0.29) is 29.6 Å². The molecule has 0 bridgehead atoms. The minimum absolute atomic E-state index is 0.0558. The van der Waals surface area contributed by atoms with E-state index in [2.05, 4.69) is 24.5 Å². The Morgan fingerprint density at radius 1 is 1.11 bits per heavy atom. The summed E-state index contributed by atoms with van der Waals surface area (Å²) < 4.78 is 24.9. The van der Waals surface area contributed by atoms with E-state index in [1.807, 2.05) is 36.4 Å². The van der Waals surface area contributed by atoms with Gasteiger partial charge in [-0.05, 0) is 49.1 Å². The van der Waals surface area contributed by atoms with Gasteiger partial charge in [-0.1, -0.05) is 32.0 Å². The second kappa shape index (κ2) is 10.9. The third-order valence-electron chi connectivity index (χ3n) is 7.05. The largest absolute Gasteiger partial charge is 0.493 e. The number of carbonyl (C=O) groups is 1. The summed E-state index contributed by atoms with van der Waals surface area (Å²) in [5.41, 5.74) is 4.10. The fourth-order valence-corrected chi connectivity index (χ4v) is 5.12. The zero-order chi connectivity index (χ0) is 26.8. The average Bonchev–Trinajstić information content (AvgIpc) is 3.34. The molecular formula is C31H33NO6. The first-order chi connectivity index (χ1) is 18.4. The van der Waals surface area contributed by atoms with Crippen molar-refractivity contribution in [3.05, 3.63) is 76.1 Å². The molecule has 0 aliphatic carbocycles. The summed E-state index contributed by atoms with van der Waals surface area (Å²) in [6.45, 7) is 7.35. The molecular weight excluding hydrogens is 482 g/mol. The van der Waals surface area contributed by atoms with Gasteiger partial charge >= 0.3 is 5.97 Å². The summed E-state index contributed by atoms with van der Waals surface area (Å²) in [6.07, 6.45) is 3.16. The van der Waals surface area contributed by atoms with E-state index < -0.39 is 5.97 Å². The van der Waals surface area contributed by atoms with Crippen LogP contribution in [0.2, 0.25) is 0 Å². The van der Waals surface area contributed by atoms with Crippen LogP contribution in [0, 0.1) is 5.92 Å². The van der Waals surface area contributed by atoms with Gasteiger partial charge in [0.1, 0.15) is 22.7 Å². The smallest absolute Gasteiger partial charge is 0.343 e. The molecule has 1 atom stereocenters. The number of nitrogens with zero attached hydrogens (tertiary/aromatic N) is 1. The number of carbonyl (C=O) groups excluding carboxylic acids is 1. The predicted octanol–water partition coefficient (Wildman–Crippen LogP) is 6.27. The molecule has 1 aliphatic heterocycles. The van der Waals surface area contributed by atoms with Crippen LogP contribution in [0.1, 0.15) is 49.2 Å². The molecule has 0 fully saturated rings. The number of esters is 1.